The molecule has 7 heteroatoms. The number of nitrogens with one attached hydrogen (secondary N) is 1. The summed E-state index contributed by atoms with van der Waals surface area (Å²) in [6.07, 6.45) is 1.25. The highest BCUT2D eigenvalue weighted by molar-refractivity contribution is 5.81. The number of rotatable bonds is 4. The molecule has 0 radical (unpaired) electrons. The molecule has 7 nitrogen and oxygen atoms in total. The molecule has 25 heavy (non-hydrogen) atoms. The maximum Gasteiger partial charge on any atom is 0.317 e. The molecule has 1 fully saturated rings. The fraction of sp³-hybridized carbons (Fsp3) is 0.500. The second kappa shape index (κ2) is 7.55. The molecule has 0 atom stereocenters. The van der Waals surface area contributed by atoms with Gasteiger partial charge in [0.05, 0.1) is 6.42 Å². The summed E-state index contributed by atoms with van der Waals surface area (Å²) in [7, 11) is 0. The molecule has 2 heterocycles. The third-order valence-corrected chi connectivity index (χ3v) is 4.36. The summed E-state index contributed by atoms with van der Waals surface area (Å²) in [6.45, 7) is 6.80. The van der Waals surface area contributed by atoms with Crippen LogP contribution in [0.1, 0.15) is 24.8 Å². The van der Waals surface area contributed by atoms with Gasteiger partial charge in [-0.05, 0) is 24.1 Å². The van der Waals surface area contributed by atoms with Crippen LogP contribution in [-0.2, 0) is 11.2 Å². The Balaban J connectivity index is 1.54. The number of aryl methyl sites for hydroxylation is 1. The number of aromatic nitrogens is 1. The summed E-state index contributed by atoms with van der Waals surface area (Å²) in [5.41, 5.74) is 2.44. The summed E-state index contributed by atoms with van der Waals surface area (Å²) in [6, 6.07) is 5.62. The van der Waals surface area contributed by atoms with Crippen molar-refractivity contribution in [1.29, 1.82) is 0 Å². The minimum atomic E-state index is -0.0409. The second-order valence-corrected chi connectivity index (χ2v) is 6.31. The molecule has 0 bridgehead atoms. The van der Waals surface area contributed by atoms with Gasteiger partial charge in [0.15, 0.2) is 11.5 Å². The highest BCUT2D eigenvalue weighted by Gasteiger charge is 2.24. The predicted molar refractivity (Wildman–Crippen MR) is 94.3 cm³/mol. The largest absolute Gasteiger partial charge is 0.441 e. The van der Waals surface area contributed by atoms with Gasteiger partial charge in [-0.25, -0.2) is 9.78 Å². The lowest BCUT2D eigenvalue weighted by Gasteiger charge is -2.34. The van der Waals surface area contributed by atoms with Gasteiger partial charge in [0.25, 0.3) is 0 Å². The molecule has 1 saturated heterocycles. The Labute approximate surface area is 147 Å². The van der Waals surface area contributed by atoms with Crippen LogP contribution < -0.4 is 5.32 Å². The maximum atomic E-state index is 12.5. The van der Waals surface area contributed by atoms with Gasteiger partial charge in [-0.1, -0.05) is 13.0 Å². The van der Waals surface area contributed by atoms with Gasteiger partial charge in [-0.15, -0.1) is 0 Å². The van der Waals surface area contributed by atoms with E-state index < -0.39 is 0 Å². The summed E-state index contributed by atoms with van der Waals surface area (Å²) in [5.74, 6) is 0.698. The molecule has 3 amide bonds. The third kappa shape index (κ3) is 4.10. The van der Waals surface area contributed by atoms with Crippen LogP contribution in [0.5, 0.6) is 0 Å². The minimum Gasteiger partial charge on any atom is -0.441 e. The fourth-order valence-electron chi connectivity index (χ4n) is 2.99. The Morgan fingerprint density at radius 2 is 1.92 bits per heavy atom. The maximum absolute atomic E-state index is 12.5. The van der Waals surface area contributed by atoms with E-state index in [4.69, 9.17) is 4.42 Å². The van der Waals surface area contributed by atoms with Crippen LogP contribution in [0.15, 0.2) is 22.6 Å². The van der Waals surface area contributed by atoms with E-state index in [2.05, 4.69) is 10.3 Å². The molecule has 134 valence electrons. The normalized spacial score (nSPS) is 14.8. The van der Waals surface area contributed by atoms with Crippen molar-refractivity contribution < 1.29 is 14.0 Å². The number of fused-ring (bicyclic) bond motifs is 1. The van der Waals surface area contributed by atoms with Crippen LogP contribution in [0.3, 0.4) is 0 Å². The van der Waals surface area contributed by atoms with Gasteiger partial charge >= 0.3 is 6.03 Å². The van der Waals surface area contributed by atoms with Crippen molar-refractivity contribution in [2.24, 2.45) is 0 Å². The zero-order valence-electron chi connectivity index (χ0n) is 14.7. The van der Waals surface area contributed by atoms with E-state index in [1.54, 1.807) is 11.8 Å². The summed E-state index contributed by atoms with van der Waals surface area (Å²) in [4.78, 5) is 32.4. The first-order valence-electron chi connectivity index (χ1n) is 8.73. The molecule has 0 unspecified atom stereocenters. The quantitative estimate of drug-likeness (QED) is 0.919. The van der Waals surface area contributed by atoms with Gasteiger partial charge < -0.3 is 19.5 Å². The summed E-state index contributed by atoms with van der Waals surface area (Å²) >= 11 is 0. The molecule has 0 saturated carbocycles. The Morgan fingerprint density at radius 3 is 2.64 bits per heavy atom. The van der Waals surface area contributed by atoms with Crippen LogP contribution in [-0.4, -0.2) is 59.4 Å². The highest BCUT2D eigenvalue weighted by atomic mass is 16.3. The fourth-order valence-corrected chi connectivity index (χ4v) is 2.99. The molecule has 1 aliphatic heterocycles. The average molecular weight is 344 g/mol. The van der Waals surface area contributed by atoms with E-state index in [1.165, 1.54) is 0 Å². The second-order valence-electron chi connectivity index (χ2n) is 6.31. The molecule has 1 aromatic heterocycles. The average Bonchev–Trinajstić information content (AvgIpc) is 2.99. The molecule has 0 spiro atoms. The summed E-state index contributed by atoms with van der Waals surface area (Å²) in [5, 5.41) is 2.87. The van der Waals surface area contributed by atoms with E-state index in [0.717, 1.165) is 23.1 Å². The topological polar surface area (TPSA) is 78.7 Å². The smallest absolute Gasteiger partial charge is 0.317 e. The van der Waals surface area contributed by atoms with Crippen LogP contribution in [0.2, 0.25) is 0 Å². The van der Waals surface area contributed by atoms with Gasteiger partial charge in [0, 0.05) is 39.6 Å². The van der Waals surface area contributed by atoms with Crippen molar-refractivity contribution in [3.63, 3.8) is 0 Å². The Morgan fingerprint density at radius 1 is 1.20 bits per heavy atom. The zero-order valence-corrected chi connectivity index (χ0v) is 14.7. The number of urea groups is 1. The molecular formula is C18H24N4O3. The first kappa shape index (κ1) is 17.3. The van der Waals surface area contributed by atoms with E-state index in [0.29, 0.717) is 45.0 Å². The molecule has 3 rings (SSSR count). The first-order chi connectivity index (χ1) is 12.1. The monoisotopic (exact) mass is 344 g/mol. The van der Waals surface area contributed by atoms with Crippen LogP contribution in [0.4, 0.5) is 4.79 Å². The molecule has 0 aliphatic carbocycles. The zero-order chi connectivity index (χ0) is 17.8. The van der Waals surface area contributed by atoms with E-state index >= 15 is 0 Å². The number of carbonyl (C=O) groups is 2. The van der Waals surface area contributed by atoms with Crippen molar-refractivity contribution in [2.75, 3.05) is 32.7 Å². The van der Waals surface area contributed by atoms with Crippen molar-refractivity contribution in [3.05, 3.63) is 29.7 Å². The van der Waals surface area contributed by atoms with Crippen LogP contribution in [0.25, 0.3) is 11.1 Å². The Kier molecular flexibility index (Phi) is 5.21. The number of carbonyl (C=O) groups excluding carboxylic acids is 2. The molecule has 2 aromatic rings. The van der Waals surface area contributed by atoms with Crippen molar-refractivity contribution in [3.8, 4) is 0 Å². The predicted octanol–water partition coefficient (Wildman–Crippen LogP) is 1.94. The number of amides is 3. The molecular weight excluding hydrogens is 320 g/mol. The third-order valence-electron chi connectivity index (χ3n) is 4.36. The molecule has 1 aromatic carbocycles. The lowest BCUT2D eigenvalue weighted by Crippen LogP contribution is -2.53. The number of piperazine rings is 1. The highest BCUT2D eigenvalue weighted by Crippen LogP contribution is 2.17. The molecule has 1 aliphatic rings. The van der Waals surface area contributed by atoms with Crippen LogP contribution >= 0.6 is 0 Å². The lowest BCUT2D eigenvalue weighted by molar-refractivity contribution is -0.131. The van der Waals surface area contributed by atoms with Gasteiger partial charge in [-0.3, -0.25) is 4.79 Å². The SMILES string of the molecule is CCCNC(=O)N1CCN(C(=O)Cc2ccc3oc(C)nc3c2)CC1. The summed E-state index contributed by atoms with van der Waals surface area (Å²) < 4.78 is 5.46. The van der Waals surface area contributed by atoms with E-state index in [-0.39, 0.29) is 11.9 Å². The van der Waals surface area contributed by atoms with E-state index in [1.807, 2.05) is 30.0 Å². The number of benzene rings is 1. The molecule has 1 N–H and O–H groups in total. The Bertz CT molecular complexity index is 763. The van der Waals surface area contributed by atoms with Crippen molar-refractivity contribution in [1.82, 2.24) is 20.1 Å². The standard InChI is InChI=1S/C18H24N4O3/c1-3-6-19-18(24)22-9-7-21(8-10-22)17(23)12-14-4-5-16-15(11-14)20-13(2)25-16/h4-5,11H,3,6-10,12H2,1-2H3,(H,19,24). The van der Waals surface area contributed by atoms with Gasteiger partial charge in [0.2, 0.25) is 5.91 Å². The first-order valence-corrected chi connectivity index (χ1v) is 8.73. The lowest BCUT2D eigenvalue weighted by atomic mass is 10.1. The number of nitrogens with zero attached hydrogens (tertiary/aromatic N) is 3. The van der Waals surface area contributed by atoms with E-state index in [9.17, 15) is 9.59 Å². The van der Waals surface area contributed by atoms with Crippen LogP contribution in [0, 0.1) is 6.92 Å². The number of hydrogen-bond acceptors (Lipinski definition) is 4. The van der Waals surface area contributed by atoms with Gasteiger partial charge in [-0.2, -0.15) is 0 Å². The van der Waals surface area contributed by atoms with Crippen molar-refractivity contribution >= 4 is 23.0 Å². The van der Waals surface area contributed by atoms with Crippen molar-refractivity contribution in [2.45, 2.75) is 26.7 Å². The number of hydrogen-bond donors (Lipinski definition) is 1. The number of oxazole rings is 1. The minimum absolute atomic E-state index is 0.0409. The van der Waals surface area contributed by atoms with Gasteiger partial charge in [0.1, 0.15) is 5.52 Å². The Hall–Kier alpha value is -2.57.